The van der Waals surface area contributed by atoms with Gasteiger partial charge in [0.1, 0.15) is 6.04 Å². The Bertz CT molecular complexity index is 630. The van der Waals surface area contributed by atoms with Crippen LogP contribution in [0.15, 0.2) is 11.6 Å². The fourth-order valence-electron chi connectivity index (χ4n) is 3.43. The molecule has 1 fully saturated rings. The molecule has 8 heteroatoms. The van der Waals surface area contributed by atoms with Gasteiger partial charge < -0.3 is 20.4 Å². The van der Waals surface area contributed by atoms with E-state index >= 15 is 0 Å². The van der Waals surface area contributed by atoms with Crippen LogP contribution in [-0.2, 0) is 19.2 Å². The van der Waals surface area contributed by atoms with Gasteiger partial charge in [-0.2, -0.15) is 0 Å². The van der Waals surface area contributed by atoms with Gasteiger partial charge in [-0.25, -0.2) is 0 Å². The molecular weight excluding hydrogens is 372 g/mol. The smallest absolute Gasteiger partial charge is 0.249 e. The fourth-order valence-corrected chi connectivity index (χ4v) is 3.43. The lowest BCUT2D eigenvalue weighted by atomic mass is 9.99. The Morgan fingerprint density at radius 1 is 1.21 bits per heavy atom. The lowest BCUT2D eigenvalue weighted by Gasteiger charge is -2.30. The Balaban J connectivity index is 2.91. The molecule has 0 radical (unpaired) electrons. The minimum atomic E-state index is -0.446. The largest absolute Gasteiger partial charge is 0.354 e. The summed E-state index contributed by atoms with van der Waals surface area (Å²) in [5.41, 5.74) is 0.509. The zero-order chi connectivity index (χ0) is 22.1. The number of rotatable bonds is 10. The van der Waals surface area contributed by atoms with Crippen LogP contribution in [0.25, 0.3) is 0 Å². The number of nitrogens with zero attached hydrogens (tertiary/aromatic N) is 2. The highest BCUT2D eigenvalue weighted by Gasteiger charge is 2.35. The number of nitrogens with one attached hydrogen (secondary N) is 2. The van der Waals surface area contributed by atoms with Gasteiger partial charge in [0, 0.05) is 25.7 Å². The molecule has 0 aliphatic carbocycles. The van der Waals surface area contributed by atoms with E-state index in [0.29, 0.717) is 37.4 Å². The van der Waals surface area contributed by atoms with Gasteiger partial charge in [-0.15, -0.1) is 0 Å². The molecule has 1 saturated heterocycles. The number of carbonyl (C=O) groups excluding carboxylic acids is 4. The molecule has 2 atom stereocenters. The second-order valence-electron chi connectivity index (χ2n) is 8.38. The van der Waals surface area contributed by atoms with E-state index in [4.69, 9.17) is 0 Å². The third-order valence-corrected chi connectivity index (χ3v) is 5.12. The van der Waals surface area contributed by atoms with Crippen molar-refractivity contribution in [2.45, 2.75) is 59.5 Å². The van der Waals surface area contributed by atoms with Gasteiger partial charge in [-0.1, -0.05) is 33.8 Å². The Morgan fingerprint density at radius 3 is 2.41 bits per heavy atom. The molecule has 164 valence electrons. The van der Waals surface area contributed by atoms with Crippen LogP contribution in [0.4, 0.5) is 0 Å². The van der Waals surface area contributed by atoms with E-state index in [1.165, 1.54) is 4.90 Å². The van der Waals surface area contributed by atoms with Crippen molar-refractivity contribution in [1.29, 1.82) is 0 Å². The summed E-state index contributed by atoms with van der Waals surface area (Å²) in [6.45, 7) is 10.8. The van der Waals surface area contributed by atoms with Crippen LogP contribution in [0.5, 0.6) is 0 Å². The highest BCUT2D eigenvalue weighted by atomic mass is 16.2. The average molecular weight is 409 g/mol. The Kier molecular flexibility index (Phi) is 9.85. The third-order valence-electron chi connectivity index (χ3n) is 5.12. The van der Waals surface area contributed by atoms with E-state index in [2.05, 4.69) is 10.6 Å². The van der Waals surface area contributed by atoms with Crippen LogP contribution >= 0.6 is 0 Å². The summed E-state index contributed by atoms with van der Waals surface area (Å²) in [5, 5.41) is 5.29. The first-order valence-electron chi connectivity index (χ1n) is 10.3. The standard InChI is InChI=1S/C21H36N4O4/c1-14(2)11-23-20(28)17-8-7-9-25(17)21(29)16(5)10-18(15(3)4)24(6)19(27)12-22-13-26/h10,13-15,17-18H,7-9,11-12H2,1-6H3,(H,22,26)(H,23,28)/t17-,18+/m0/s1. The molecule has 0 aromatic heterocycles. The molecule has 8 nitrogen and oxygen atoms in total. The first kappa shape index (κ1) is 24.7. The van der Waals surface area contributed by atoms with Crippen LogP contribution < -0.4 is 10.6 Å². The van der Waals surface area contributed by atoms with Crippen LogP contribution in [0.1, 0.15) is 47.5 Å². The van der Waals surface area contributed by atoms with Gasteiger partial charge in [-0.3, -0.25) is 19.2 Å². The summed E-state index contributed by atoms with van der Waals surface area (Å²) in [6, 6.07) is -0.742. The highest BCUT2D eigenvalue weighted by Crippen LogP contribution is 2.21. The summed E-state index contributed by atoms with van der Waals surface area (Å²) >= 11 is 0. The van der Waals surface area contributed by atoms with Gasteiger partial charge in [0.15, 0.2) is 0 Å². The lowest BCUT2D eigenvalue weighted by molar-refractivity contribution is -0.135. The third kappa shape index (κ3) is 7.18. The normalized spacial score (nSPS) is 18.0. The molecule has 1 aliphatic heterocycles. The van der Waals surface area contributed by atoms with Crippen molar-refractivity contribution in [3.63, 3.8) is 0 Å². The van der Waals surface area contributed by atoms with Crippen molar-refractivity contribution in [2.24, 2.45) is 11.8 Å². The van der Waals surface area contributed by atoms with Crippen molar-refractivity contribution in [3.05, 3.63) is 11.6 Å². The van der Waals surface area contributed by atoms with Crippen LogP contribution in [-0.4, -0.2) is 72.7 Å². The van der Waals surface area contributed by atoms with E-state index in [1.807, 2.05) is 27.7 Å². The second-order valence-corrected chi connectivity index (χ2v) is 8.38. The molecule has 1 aliphatic rings. The minimum Gasteiger partial charge on any atom is -0.354 e. The molecule has 0 aromatic rings. The quantitative estimate of drug-likeness (QED) is 0.415. The summed E-state index contributed by atoms with van der Waals surface area (Å²) in [7, 11) is 1.66. The Morgan fingerprint density at radius 2 is 1.86 bits per heavy atom. The van der Waals surface area contributed by atoms with Gasteiger partial charge in [0.05, 0.1) is 12.6 Å². The first-order valence-corrected chi connectivity index (χ1v) is 10.3. The maximum absolute atomic E-state index is 13.0. The number of hydrogen-bond acceptors (Lipinski definition) is 4. The minimum absolute atomic E-state index is 0.0756. The average Bonchev–Trinajstić information content (AvgIpc) is 3.16. The zero-order valence-electron chi connectivity index (χ0n) is 18.5. The van der Waals surface area contributed by atoms with E-state index in [1.54, 1.807) is 24.9 Å². The summed E-state index contributed by atoms with van der Waals surface area (Å²) in [5.74, 6) is -0.0968. The number of likely N-dealkylation sites (N-methyl/N-ethyl adjacent to an activating group) is 1. The van der Waals surface area contributed by atoms with Gasteiger partial charge in [0.2, 0.25) is 24.1 Å². The zero-order valence-corrected chi connectivity index (χ0v) is 18.5. The van der Waals surface area contributed by atoms with Crippen LogP contribution in [0, 0.1) is 11.8 Å². The molecule has 0 spiro atoms. The van der Waals surface area contributed by atoms with Gasteiger partial charge in [-0.05, 0) is 31.6 Å². The molecule has 4 amide bonds. The molecule has 0 bridgehead atoms. The molecule has 0 saturated carbocycles. The highest BCUT2D eigenvalue weighted by molar-refractivity contribution is 5.97. The summed E-state index contributed by atoms with van der Waals surface area (Å²) < 4.78 is 0. The van der Waals surface area contributed by atoms with Crippen molar-refractivity contribution >= 4 is 24.1 Å². The fraction of sp³-hybridized carbons (Fsp3) is 0.714. The van der Waals surface area contributed by atoms with Crippen molar-refractivity contribution in [2.75, 3.05) is 26.7 Å². The SMILES string of the molecule is CC(=C[C@H](C(C)C)N(C)C(=O)CNC=O)C(=O)N1CCC[C@H]1C(=O)NCC(C)C. The van der Waals surface area contributed by atoms with E-state index in [0.717, 1.165) is 6.42 Å². The van der Waals surface area contributed by atoms with Crippen molar-refractivity contribution in [1.82, 2.24) is 20.4 Å². The predicted molar refractivity (Wildman–Crippen MR) is 112 cm³/mol. The summed E-state index contributed by atoms with van der Waals surface area (Å²) in [6.07, 6.45) is 3.72. The Hall–Kier alpha value is -2.38. The number of likely N-dealkylation sites (tertiary alicyclic amines) is 1. The summed E-state index contributed by atoms with van der Waals surface area (Å²) in [4.78, 5) is 51.4. The van der Waals surface area contributed by atoms with Crippen LogP contribution in [0.2, 0.25) is 0 Å². The molecule has 29 heavy (non-hydrogen) atoms. The van der Waals surface area contributed by atoms with Gasteiger partial charge in [0.25, 0.3) is 0 Å². The van der Waals surface area contributed by atoms with E-state index < -0.39 is 6.04 Å². The van der Waals surface area contributed by atoms with Crippen molar-refractivity contribution in [3.8, 4) is 0 Å². The van der Waals surface area contributed by atoms with Crippen LogP contribution in [0.3, 0.4) is 0 Å². The second kappa shape index (κ2) is 11.6. The maximum Gasteiger partial charge on any atom is 0.249 e. The predicted octanol–water partition coefficient (Wildman–Crippen LogP) is 0.925. The molecule has 2 N–H and O–H groups in total. The molecule has 0 aromatic carbocycles. The topological polar surface area (TPSA) is 98.8 Å². The number of hydrogen-bond donors (Lipinski definition) is 2. The van der Waals surface area contributed by atoms with E-state index in [9.17, 15) is 19.2 Å². The number of amides is 4. The van der Waals surface area contributed by atoms with Crippen molar-refractivity contribution < 1.29 is 19.2 Å². The molecule has 1 rings (SSSR count). The first-order chi connectivity index (χ1) is 13.6. The van der Waals surface area contributed by atoms with Gasteiger partial charge >= 0.3 is 0 Å². The molecular formula is C21H36N4O4. The monoisotopic (exact) mass is 408 g/mol. The molecule has 1 heterocycles. The lowest BCUT2D eigenvalue weighted by Crippen LogP contribution is -2.47. The number of carbonyl (C=O) groups is 4. The molecule has 0 unspecified atom stereocenters. The maximum atomic E-state index is 13.0. The Labute approximate surface area is 174 Å². The van der Waals surface area contributed by atoms with E-state index in [-0.39, 0.29) is 36.2 Å².